The summed E-state index contributed by atoms with van der Waals surface area (Å²) < 4.78 is 15.3. The van der Waals surface area contributed by atoms with Gasteiger partial charge in [-0.15, -0.1) is 11.3 Å². The molecule has 0 bridgehead atoms. The molecule has 1 atom stereocenters. The maximum absolute atomic E-state index is 14.7. The Labute approximate surface area is 182 Å². The van der Waals surface area contributed by atoms with Gasteiger partial charge in [0.25, 0.3) is 5.91 Å². The molecule has 3 heterocycles. The Hall–Kier alpha value is -1.77. The third-order valence-corrected chi connectivity index (χ3v) is 7.32. The number of nitrogens with zero attached hydrogens (tertiary/aromatic N) is 2. The number of thioether (sulfide) groups is 1. The molecule has 2 amide bonds. The van der Waals surface area contributed by atoms with Crippen molar-refractivity contribution in [2.45, 2.75) is 6.42 Å². The maximum Gasteiger partial charge on any atom is 0.261 e. The van der Waals surface area contributed by atoms with Gasteiger partial charge in [-0.2, -0.15) is 11.8 Å². The topological polar surface area (TPSA) is 52.7 Å². The highest BCUT2D eigenvalue weighted by atomic mass is 35.5. The zero-order chi connectivity index (χ0) is 20.4. The maximum atomic E-state index is 14.7. The molecule has 1 aromatic carbocycles. The molecule has 0 aliphatic carbocycles. The quantitative estimate of drug-likeness (QED) is 0.746. The van der Waals surface area contributed by atoms with Crippen LogP contribution in [0.25, 0.3) is 0 Å². The van der Waals surface area contributed by atoms with E-state index < -0.39 is 0 Å². The summed E-state index contributed by atoms with van der Waals surface area (Å²) in [7, 11) is 0. The highest BCUT2D eigenvalue weighted by molar-refractivity contribution is 7.99. The number of hydrogen-bond donors (Lipinski definition) is 1. The second-order valence-electron chi connectivity index (χ2n) is 7.12. The number of thiophene rings is 1. The molecular weight excluding hydrogens is 433 g/mol. The van der Waals surface area contributed by atoms with Crippen LogP contribution in [0.4, 0.5) is 15.8 Å². The van der Waals surface area contributed by atoms with Crippen molar-refractivity contribution >= 4 is 57.9 Å². The van der Waals surface area contributed by atoms with Gasteiger partial charge in [0.05, 0.1) is 14.9 Å². The first-order valence-corrected chi connectivity index (χ1v) is 11.8. The molecule has 1 N–H and O–H groups in total. The summed E-state index contributed by atoms with van der Waals surface area (Å²) in [5, 5.41) is 2.86. The van der Waals surface area contributed by atoms with Gasteiger partial charge in [0.15, 0.2) is 0 Å². The molecule has 2 aliphatic rings. The van der Waals surface area contributed by atoms with Crippen molar-refractivity contribution in [2.75, 3.05) is 47.5 Å². The largest absolute Gasteiger partial charge is 0.368 e. The summed E-state index contributed by atoms with van der Waals surface area (Å²) in [5.41, 5.74) is 1.17. The number of benzene rings is 1. The van der Waals surface area contributed by atoms with E-state index in [4.69, 9.17) is 11.6 Å². The molecule has 2 saturated heterocycles. The van der Waals surface area contributed by atoms with E-state index in [9.17, 15) is 14.0 Å². The zero-order valence-electron chi connectivity index (χ0n) is 15.7. The lowest BCUT2D eigenvalue weighted by molar-refractivity contribution is -0.117. The molecule has 2 aromatic rings. The van der Waals surface area contributed by atoms with Crippen LogP contribution in [0.2, 0.25) is 4.34 Å². The highest BCUT2D eigenvalue weighted by Crippen LogP contribution is 2.30. The molecule has 1 aromatic heterocycles. The fraction of sp³-hybridized carbons (Fsp3) is 0.400. The van der Waals surface area contributed by atoms with E-state index in [1.165, 1.54) is 17.4 Å². The smallest absolute Gasteiger partial charge is 0.261 e. The molecule has 0 unspecified atom stereocenters. The Kier molecular flexibility index (Phi) is 6.32. The van der Waals surface area contributed by atoms with Gasteiger partial charge in [0, 0.05) is 55.7 Å². The Bertz CT molecular complexity index is 917. The van der Waals surface area contributed by atoms with Crippen LogP contribution >= 0.6 is 34.7 Å². The number of carbonyl (C=O) groups is 2. The van der Waals surface area contributed by atoms with Crippen LogP contribution < -0.4 is 15.1 Å². The van der Waals surface area contributed by atoms with E-state index in [0.717, 1.165) is 24.6 Å². The van der Waals surface area contributed by atoms with Crippen LogP contribution in [0.3, 0.4) is 0 Å². The Balaban J connectivity index is 1.37. The van der Waals surface area contributed by atoms with Crippen LogP contribution in [0, 0.1) is 11.7 Å². The van der Waals surface area contributed by atoms with Crippen molar-refractivity contribution in [3.8, 4) is 0 Å². The fourth-order valence-corrected chi connectivity index (χ4v) is 5.52. The zero-order valence-corrected chi connectivity index (χ0v) is 18.1. The molecule has 0 radical (unpaired) electrons. The molecule has 5 nitrogen and oxygen atoms in total. The third-order valence-electron chi connectivity index (χ3n) is 5.15. The number of rotatable bonds is 5. The van der Waals surface area contributed by atoms with Gasteiger partial charge < -0.3 is 15.1 Å². The minimum Gasteiger partial charge on any atom is -0.368 e. The van der Waals surface area contributed by atoms with Crippen LogP contribution in [-0.4, -0.2) is 49.5 Å². The molecule has 0 spiro atoms. The average Bonchev–Trinajstić information content (AvgIpc) is 3.32. The van der Waals surface area contributed by atoms with Gasteiger partial charge in [0.2, 0.25) is 5.91 Å². The molecule has 2 aliphatic heterocycles. The molecule has 4 rings (SSSR count). The fourth-order valence-electron chi connectivity index (χ4n) is 3.65. The van der Waals surface area contributed by atoms with E-state index in [-0.39, 0.29) is 23.5 Å². The van der Waals surface area contributed by atoms with Gasteiger partial charge in [-0.3, -0.25) is 9.59 Å². The lowest BCUT2D eigenvalue weighted by Crippen LogP contribution is -2.33. The number of anilines is 2. The van der Waals surface area contributed by atoms with Crippen molar-refractivity contribution in [3.05, 3.63) is 45.4 Å². The predicted octanol–water partition coefficient (Wildman–Crippen LogP) is 3.88. The first kappa shape index (κ1) is 20.5. The number of amides is 2. The van der Waals surface area contributed by atoms with Gasteiger partial charge >= 0.3 is 0 Å². The van der Waals surface area contributed by atoms with Crippen LogP contribution in [0.1, 0.15) is 16.1 Å². The van der Waals surface area contributed by atoms with Gasteiger partial charge in [-0.25, -0.2) is 4.39 Å². The lowest BCUT2D eigenvalue weighted by atomic mass is 10.1. The minimum atomic E-state index is -0.298. The van der Waals surface area contributed by atoms with Gasteiger partial charge in [0.1, 0.15) is 5.82 Å². The van der Waals surface area contributed by atoms with Crippen LogP contribution in [0.5, 0.6) is 0 Å². The second kappa shape index (κ2) is 8.93. The number of halogens is 2. The molecule has 2 fully saturated rings. The molecule has 29 heavy (non-hydrogen) atoms. The molecular formula is C20H21ClFN3O2S2. The predicted molar refractivity (Wildman–Crippen MR) is 118 cm³/mol. The Morgan fingerprint density at radius 2 is 2.03 bits per heavy atom. The Morgan fingerprint density at radius 3 is 2.72 bits per heavy atom. The van der Waals surface area contributed by atoms with Crippen molar-refractivity contribution in [2.24, 2.45) is 5.92 Å². The van der Waals surface area contributed by atoms with Crippen molar-refractivity contribution in [1.82, 2.24) is 5.32 Å². The van der Waals surface area contributed by atoms with E-state index in [0.29, 0.717) is 40.1 Å². The molecule has 9 heteroatoms. The summed E-state index contributed by atoms with van der Waals surface area (Å²) in [6.07, 6.45) is 0.332. The number of carbonyl (C=O) groups excluding carboxylic acids is 2. The van der Waals surface area contributed by atoms with Crippen LogP contribution in [0.15, 0.2) is 30.3 Å². The Morgan fingerprint density at radius 1 is 1.24 bits per heavy atom. The van der Waals surface area contributed by atoms with E-state index >= 15 is 0 Å². The summed E-state index contributed by atoms with van der Waals surface area (Å²) in [6, 6.07) is 8.39. The van der Waals surface area contributed by atoms with Crippen molar-refractivity contribution < 1.29 is 14.0 Å². The minimum absolute atomic E-state index is 0.0104. The monoisotopic (exact) mass is 453 g/mol. The number of hydrogen-bond acceptors (Lipinski definition) is 5. The van der Waals surface area contributed by atoms with Crippen molar-refractivity contribution in [3.63, 3.8) is 0 Å². The standard InChI is InChI=1S/C20H21ClFN3O2S2/c21-18-4-3-17(29-18)20(27)23-11-13-9-19(26)25(12-13)14-1-2-16(15(22)10-14)24-5-7-28-8-6-24/h1-4,10,13H,5-9,11-12H2,(H,23,27)/t13-/m0/s1. The normalized spacial score (nSPS) is 19.7. The summed E-state index contributed by atoms with van der Waals surface area (Å²) >= 11 is 8.96. The first-order chi connectivity index (χ1) is 14.0. The van der Waals surface area contributed by atoms with Gasteiger partial charge in [-0.1, -0.05) is 11.6 Å². The lowest BCUT2D eigenvalue weighted by Gasteiger charge is -2.29. The third kappa shape index (κ3) is 4.70. The molecule has 154 valence electrons. The first-order valence-electron chi connectivity index (χ1n) is 9.47. The second-order valence-corrected chi connectivity index (χ2v) is 10.1. The summed E-state index contributed by atoms with van der Waals surface area (Å²) in [5.74, 6) is 1.44. The average molecular weight is 454 g/mol. The summed E-state index contributed by atoms with van der Waals surface area (Å²) in [6.45, 7) is 2.52. The number of nitrogens with one attached hydrogen (secondary N) is 1. The van der Waals surface area contributed by atoms with Crippen LogP contribution in [-0.2, 0) is 4.79 Å². The SMILES string of the molecule is O=C(NC[C@@H]1CC(=O)N(c2ccc(N3CCSCC3)c(F)c2)C1)c1ccc(Cl)s1. The van der Waals surface area contributed by atoms with Gasteiger partial charge in [-0.05, 0) is 30.3 Å². The van der Waals surface area contributed by atoms with E-state index in [2.05, 4.69) is 10.2 Å². The van der Waals surface area contributed by atoms with E-state index in [1.807, 2.05) is 17.8 Å². The highest BCUT2D eigenvalue weighted by Gasteiger charge is 2.31. The van der Waals surface area contributed by atoms with Crippen molar-refractivity contribution in [1.29, 1.82) is 0 Å². The van der Waals surface area contributed by atoms with E-state index in [1.54, 1.807) is 23.1 Å². The molecule has 0 saturated carbocycles. The summed E-state index contributed by atoms with van der Waals surface area (Å²) in [4.78, 5) is 28.8.